The number of nitrogens with zero attached hydrogens (tertiary/aromatic N) is 1. The minimum atomic E-state index is 0.560. The number of thioether (sulfide) groups is 1. The van der Waals surface area contributed by atoms with Crippen LogP contribution in [0.5, 0.6) is 0 Å². The average molecular weight is 265 g/mol. The molecule has 0 aliphatic carbocycles. The molecule has 1 fully saturated rings. The Balaban J connectivity index is 1.88. The van der Waals surface area contributed by atoms with Gasteiger partial charge >= 0.3 is 0 Å². The lowest BCUT2D eigenvalue weighted by Gasteiger charge is -2.22. The molecule has 1 aliphatic heterocycles. The smallest absolute Gasteiger partial charge is 0.0237 e. The first-order valence-electron chi connectivity index (χ1n) is 6.49. The molecule has 100 valence electrons. The maximum Gasteiger partial charge on any atom is 0.0237 e. The maximum absolute atomic E-state index is 3.28. The second-order valence-corrected chi connectivity index (χ2v) is 6.00. The molecule has 0 amide bonds. The summed E-state index contributed by atoms with van der Waals surface area (Å²) in [7, 11) is 2.21. The summed E-state index contributed by atoms with van der Waals surface area (Å²) in [4.78, 5) is 3.76. The fourth-order valence-corrected chi connectivity index (χ4v) is 2.90. The molecule has 0 spiro atoms. The van der Waals surface area contributed by atoms with E-state index in [0.29, 0.717) is 12.0 Å². The Kier molecular flexibility index (Phi) is 5.06. The van der Waals surface area contributed by atoms with E-state index in [1.807, 2.05) is 0 Å². The molecular weight excluding hydrogens is 242 g/mol. The standard InChI is InChI=1S/C14H23N3S/c1-11-13(8-15-16-11)10-17(2)9-12-5-4-6-14(7-12)18-3/h4-7,11,13,15-16H,8-10H2,1-3H3. The summed E-state index contributed by atoms with van der Waals surface area (Å²) < 4.78 is 0. The van der Waals surface area contributed by atoms with Crippen molar-refractivity contribution in [3.63, 3.8) is 0 Å². The summed E-state index contributed by atoms with van der Waals surface area (Å²) in [5.74, 6) is 0.693. The number of hydrogen-bond donors (Lipinski definition) is 2. The van der Waals surface area contributed by atoms with Crippen LogP contribution in [0.1, 0.15) is 12.5 Å². The van der Waals surface area contributed by atoms with Gasteiger partial charge in [0.1, 0.15) is 0 Å². The molecule has 0 saturated carbocycles. The number of benzene rings is 1. The summed E-state index contributed by atoms with van der Waals surface area (Å²) in [6.45, 7) is 5.46. The Morgan fingerprint density at radius 1 is 1.44 bits per heavy atom. The summed E-state index contributed by atoms with van der Waals surface area (Å²) in [6, 6.07) is 9.38. The predicted molar refractivity (Wildman–Crippen MR) is 78.6 cm³/mol. The molecule has 0 radical (unpaired) electrons. The van der Waals surface area contributed by atoms with E-state index in [4.69, 9.17) is 0 Å². The first-order valence-corrected chi connectivity index (χ1v) is 7.71. The first-order chi connectivity index (χ1) is 8.69. The Bertz CT molecular complexity index is 383. The summed E-state index contributed by atoms with van der Waals surface area (Å²) >= 11 is 1.80. The fraction of sp³-hybridized carbons (Fsp3) is 0.571. The van der Waals surface area contributed by atoms with E-state index in [-0.39, 0.29) is 0 Å². The Labute approximate surface area is 114 Å². The SMILES string of the molecule is CSc1cccc(CN(C)CC2CNNC2C)c1. The third kappa shape index (κ3) is 3.72. The largest absolute Gasteiger partial charge is 0.302 e. The fourth-order valence-electron chi connectivity index (χ4n) is 2.42. The van der Waals surface area contributed by atoms with Gasteiger partial charge in [-0.05, 0) is 37.9 Å². The van der Waals surface area contributed by atoms with Gasteiger partial charge in [0.2, 0.25) is 0 Å². The van der Waals surface area contributed by atoms with Gasteiger partial charge in [-0.3, -0.25) is 10.9 Å². The maximum atomic E-state index is 3.28. The van der Waals surface area contributed by atoms with E-state index >= 15 is 0 Å². The Morgan fingerprint density at radius 2 is 2.28 bits per heavy atom. The molecule has 1 aliphatic rings. The van der Waals surface area contributed by atoms with E-state index < -0.39 is 0 Å². The van der Waals surface area contributed by atoms with Crippen molar-refractivity contribution < 1.29 is 0 Å². The van der Waals surface area contributed by atoms with Crippen LogP contribution >= 0.6 is 11.8 Å². The van der Waals surface area contributed by atoms with Crippen molar-refractivity contribution in [2.75, 3.05) is 26.4 Å². The molecule has 18 heavy (non-hydrogen) atoms. The van der Waals surface area contributed by atoms with Crippen LogP contribution in [0.4, 0.5) is 0 Å². The molecule has 2 unspecified atom stereocenters. The zero-order valence-corrected chi connectivity index (χ0v) is 12.3. The number of nitrogens with one attached hydrogen (secondary N) is 2. The molecule has 1 saturated heterocycles. The molecule has 1 aromatic rings. The summed E-state index contributed by atoms with van der Waals surface area (Å²) in [5, 5.41) is 0. The lowest BCUT2D eigenvalue weighted by molar-refractivity contribution is 0.266. The Morgan fingerprint density at radius 3 is 2.94 bits per heavy atom. The van der Waals surface area contributed by atoms with Crippen molar-refractivity contribution in [3.05, 3.63) is 29.8 Å². The van der Waals surface area contributed by atoms with Crippen LogP contribution in [-0.2, 0) is 6.54 Å². The van der Waals surface area contributed by atoms with Crippen molar-refractivity contribution in [2.24, 2.45) is 5.92 Å². The lowest BCUT2D eigenvalue weighted by atomic mass is 10.0. The zero-order chi connectivity index (χ0) is 13.0. The van der Waals surface area contributed by atoms with E-state index in [2.05, 4.69) is 60.2 Å². The highest BCUT2D eigenvalue weighted by Gasteiger charge is 2.23. The molecule has 3 nitrogen and oxygen atoms in total. The van der Waals surface area contributed by atoms with Gasteiger partial charge in [0.15, 0.2) is 0 Å². The number of rotatable bonds is 5. The third-order valence-electron chi connectivity index (χ3n) is 3.53. The molecule has 2 rings (SSSR count). The highest BCUT2D eigenvalue weighted by molar-refractivity contribution is 7.98. The summed E-state index contributed by atoms with van der Waals surface area (Å²) in [6.07, 6.45) is 2.13. The van der Waals surface area contributed by atoms with Crippen molar-refractivity contribution in [2.45, 2.75) is 24.4 Å². The molecule has 2 atom stereocenters. The average Bonchev–Trinajstić information content (AvgIpc) is 2.75. The van der Waals surface area contributed by atoms with Gasteiger partial charge in [0, 0.05) is 36.5 Å². The van der Waals surface area contributed by atoms with Gasteiger partial charge < -0.3 is 4.90 Å². The van der Waals surface area contributed by atoms with Crippen LogP contribution in [0.15, 0.2) is 29.2 Å². The quantitative estimate of drug-likeness (QED) is 0.796. The van der Waals surface area contributed by atoms with Gasteiger partial charge in [-0.1, -0.05) is 12.1 Å². The van der Waals surface area contributed by atoms with Gasteiger partial charge in [0.25, 0.3) is 0 Å². The lowest BCUT2D eigenvalue weighted by Crippen LogP contribution is -2.33. The van der Waals surface area contributed by atoms with Crippen molar-refractivity contribution in [1.82, 2.24) is 15.8 Å². The normalized spacial score (nSPS) is 23.8. The van der Waals surface area contributed by atoms with Crippen LogP contribution in [0.3, 0.4) is 0 Å². The van der Waals surface area contributed by atoms with Crippen LogP contribution in [-0.4, -0.2) is 37.3 Å². The molecule has 0 bridgehead atoms. The minimum Gasteiger partial charge on any atom is -0.302 e. The van der Waals surface area contributed by atoms with Crippen LogP contribution in [0.2, 0.25) is 0 Å². The highest BCUT2D eigenvalue weighted by atomic mass is 32.2. The topological polar surface area (TPSA) is 27.3 Å². The van der Waals surface area contributed by atoms with E-state index in [1.165, 1.54) is 10.5 Å². The second kappa shape index (κ2) is 6.57. The van der Waals surface area contributed by atoms with Crippen LogP contribution in [0.25, 0.3) is 0 Å². The zero-order valence-electron chi connectivity index (χ0n) is 11.4. The molecule has 1 aromatic carbocycles. The van der Waals surface area contributed by atoms with E-state index in [0.717, 1.165) is 19.6 Å². The first kappa shape index (κ1) is 13.9. The van der Waals surface area contributed by atoms with Crippen LogP contribution in [0, 0.1) is 5.92 Å². The molecule has 1 heterocycles. The van der Waals surface area contributed by atoms with E-state index in [9.17, 15) is 0 Å². The summed E-state index contributed by atoms with van der Waals surface area (Å²) in [5.41, 5.74) is 7.91. The highest BCUT2D eigenvalue weighted by Crippen LogP contribution is 2.17. The molecular formula is C14H23N3S. The van der Waals surface area contributed by atoms with Crippen LogP contribution < -0.4 is 10.9 Å². The van der Waals surface area contributed by atoms with Crippen molar-refractivity contribution >= 4 is 11.8 Å². The van der Waals surface area contributed by atoms with Gasteiger partial charge in [-0.15, -0.1) is 11.8 Å². The predicted octanol–water partition coefficient (Wildman–Crippen LogP) is 1.95. The van der Waals surface area contributed by atoms with Crippen molar-refractivity contribution in [1.29, 1.82) is 0 Å². The molecule has 0 aromatic heterocycles. The minimum absolute atomic E-state index is 0.560. The van der Waals surface area contributed by atoms with E-state index in [1.54, 1.807) is 11.8 Å². The Hall–Kier alpha value is -0.550. The van der Waals surface area contributed by atoms with Crippen molar-refractivity contribution in [3.8, 4) is 0 Å². The number of hydrazine groups is 1. The monoisotopic (exact) mass is 265 g/mol. The van der Waals surface area contributed by atoms with Gasteiger partial charge in [-0.25, -0.2) is 0 Å². The second-order valence-electron chi connectivity index (χ2n) is 5.12. The molecule has 4 heteroatoms. The van der Waals surface area contributed by atoms with Gasteiger partial charge in [-0.2, -0.15) is 0 Å². The molecule has 2 N–H and O–H groups in total. The van der Waals surface area contributed by atoms with Gasteiger partial charge in [0.05, 0.1) is 0 Å². The third-order valence-corrected chi connectivity index (χ3v) is 4.26. The number of hydrogen-bond acceptors (Lipinski definition) is 4.